The first-order valence-corrected chi connectivity index (χ1v) is 14.1. The Hall–Kier alpha value is -3.02. The van der Waals surface area contributed by atoms with Gasteiger partial charge in [0, 0.05) is 36.5 Å². The molecule has 7 nitrogen and oxygen atoms in total. The summed E-state index contributed by atoms with van der Waals surface area (Å²) in [5.41, 5.74) is -1.25. The van der Waals surface area contributed by atoms with Gasteiger partial charge in [-0.3, -0.25) is 9.59 Å². The number of halogens is 4. The molecule has 1 saturated carbocycles. The van der Waals surface area contributed by atoms with Crippen LogP contribution < -0.4 is 5.32 Å². The van der Waals surface area contributed by atoms with E-state index in [1.165, 1.54) is 17.2 Å². The topological polar surface area (TPSA) is 96.4 Å². The van der Waals surface area contributed by atoms with Crippen molar-refractivity contribution < 1.29 is 35.6 Å². The van der Waals surface area contributed by atoms with Gasteiger partial charge in [-0.05, 0) is 62.3 Å². The van der Waals surface area contributed by atoms with Crippen LogP contribution in [0.3, 0.4) is 0 Å². The van der Waals surface area contributed by atoms with Gasteiger partial charge in [-0.2, -0.15) is 0 Å². The zero-order valence-electron chi connectivity index (χ0n) is 21.3. The average molecular weight is 556 g/mol. The van der Waals surface area contributed by atoms with E-state index in [1.54, 1.807) is 6.92 Å². The molecule has 2 amide bonds. The van der Waals surface area contributed by atoms with Crippen LogP contribution in [0.2, 0.25) is 0 Å². The van der Waals surface area contributed by atoms with Crippen LogP contribution >= 0.6 is 0 Å². The van der Waals surface area contributed by atoms with Crippen molar-refractivity contribution in [1.29, 1.82) is 0 Å². The third-order valence-electron chi connectivity index (χ3n) is 7.38. The maximum atomic E-state index is 14.9. The number of carbonyl (C=O) groups excluding carboxylic acids is 2. The molecule has 2 aromatic rings. The molecule has 206 valence electrons. The third kappa shape index (κ3) is 5.55. The number of alkyl halides is 2. The second kappa shape index (κ2) is 9.94. The minimum absolute atomic E-state index is 0.0436. The average Bonchev–Trinajstić information content (AvgIpc) is 3.62. The van der Waals surface area contributed by atoms with Gasteiger partial charge in [0.05, 0.1) is 11.6 Å². The third-order valence-corrected chi connectivity index (χ3v) is 8.36. The molecule has 1 aromatic carbocycles. The predicted molar refractivity (Wildman–Crippen MR) is 130 cm³/mol. The van der Waals surface area contributed by atoms with Crippen molar-refractivity contribution in [3.05, 3.63) is 58.8 Å². The lowest BCUT2D eigenvalue weighted by Crippen LogP contribution is -2.49. The molecule has 1 aliphatic carbocycles. The molecular weight excluding hydrogens is 526 g/mol. The fraction of sp³-hybridized carbons (Fsp3) is 0.500. The smallest absolute Gasteiger partial charge is 0.273 e. The number of hydrogen-bond acceptors (Lipinski definition) is 5. The summed E-state index contributed by atoms with van der Waals surface area (Å²) in [5.74, 6) is -7.36. The van der Waals surface area contributed by atoms with E-state index >= 15 is 0 Å². The van der Waals surface area contributed by atoms with Gasteiger partial charge in [0.2, 0.25) is 5.91 Å². The van der Waals surface area contributed by atoms with Crippen LogP contribution in [0.15, 0.2) is 35.5 Å². The molecule has 0 radical (unpaired) electrons. The van der Waals surface area contributed by atoms with Crippen LogP contribution in [0.1, 0.15) is 67.6 Å². The number of amides is 2. The fourth-order valence-electron chi connectivity index (χ4n) is 4.94. The SMILES string of the molecule is C[C@H]1C[C@H](C(=O)N[C@@H](c2cc(F)c(C(C)(F)F)cc2F)C2CC2)N(C(=O)c2ccnc(S(C)(=O)=O)c2)[C@H]1C. The molecule has 2 aliphatic rings. The molecule has 4 atom stereocenters. The number of pyridine rings is 1. The Bertz CT molecular complexity index is 1380. The monoisotopic (exact) mass is 555 g/mol. The van der Waals surface area contributed by atoms with Crippen molar-refractivity contribution in [1.82, 2.24) is 15.2 Å². The lowest BCUT2D eigenvalue weighted by molar-refractivity contribution is -0.126. The summed E-state index contributed by atoms with van der Waals surface area (Å²) >= 11 is 0. The van der Waals surface area contributed by atoms with E-state index in [4.69, 9.17) is 0 Å². The molecule has 0 spiro atoms. The van der Waals surface area contributed by atoms with E-state index < -0.39 is 56.9 Å². The fourth-order valence-corrected chi connectivity index (χ4v) is 5.53. The molecule has 2 fully saturated rings. The number of benzene rings is 1. The van der Waals surface area contributed by atoms with E-state index in [-0.39, 0.29) is 40.5 Å². The van der Waals surface area contributed by atoms with E-state index in [9.17, 15) is 35.6 Å². The van der Waals surface area contributed by atoms with Crippen molar-refractivity contribution in [2.75, 3.05) is 6.26 Å². The Labute approximate surface area is 218 Å². The largest absolute Gasteiger partial charge is 0.347 e. The van der Waals surface area contributed by atoms with Crippen molar-refractivity contribution >= 4 is 21.7 Å². The van der Waals surface area contributed by atoms with Crippen LogP contribution in [0.5, 0.6) is 0 Å². The first-order chi connectivity index (χ1) is 17.6. The van der Waals surface area contributed by atoms with Crippen LogP contribution in [0, 0.1) is 23.5 Å². The molecule has 2 heterocycles. The maximum absolute atomic E-state index is 14.9. The quantitative estimate of drug-likeness (QED) is 0.512. The highest BCUT2D eigenvalue weighted by atomic mass is 32.2. The number of likely N-dealkylation sites (tertiary alicyclic amines) is 1. The van der Waals surface area contributed by atoms with Crippen molar-refractivity contribution in [3.8, 4) is 0 Å². The molecule has 1 aliphatic heterocycles. The number of nitrogens with zero attached hydrogens (tertiary/aromatic N) is 2. The summed E-state index contributed by atoms with van der Waals surface area (Å²) in [6, 6.07) is 1.37. The second-order valence-corrected chi connectivity index (χ2v) is 12.4. The van der Waals surface area contributed by atoms with Crippen LogP contribution in [0.4, 0.5) is 17.6 Å². The number of carbonyl (C=O) groups is 2. The molecule has 1 aromatic heterocycles. The van der Waals surface area contributed by atoms with Crippen LogP contribution in [-0.2, 0) is 20.6 Å². The Balaban J connectivity index is 1.63. The Morgan fingerprint density at radius 2 is 1.79 bits per heavy atom. The zero-order valence-corrected chi connectivity index (χ0v) is 22.2. The molecular formula is C26H29F4N3O4S. The number of aromatic nitrogens is 1. The first-order valence-electron chi connectivity index (χ1n) is 12.3. The van der Waals surface area contributed by atoms with Gasteiger partial charge >= 0.3 is 0 Å². The molecule has 0 unspecified atom stereocenters. The van der Waals surface area contributed by atoms with Gasteiger partial charge in [-0.25, -0.2) is 31.0 Å². The molecule has 4 rings (SSSR count). The Kier molecular flexibility index (Phi) is 7.32. The summed E-state index contributed by atoms with van der Waals surface area (Å²) in [6.45, 7) is 4.11. The van der Waals surface area contributed by atoms with E-state index in [0.717, 1.165) is 12.3 Å². The lowest BCUT2D eigenvalue weighted by Gasteiger charge is -2.30. The Morgan fingerprint density at radius 3 is 2.37 bits per heavy atom. The molecule has 0 bridgehead atoms. The molecule has 1 saturated heterocycles. The molecule has 38 heavy (non-hydrogen) atoms. The predicted octanol–water partition coefficient (Wildman–Crippen LogP) is 4.38. The van der Waals surface area contributed by atoms with Crippen molar-refractivity contribution in [2.45, 2.75) is 69.1 Å². The standard InChI is InChI=1S/C26H29F4N3O4S/c1-13-9-21(33(14(13)2)25(35)16-7-8-31-22(10-16)38(4,36)37)24(34)32-23(15-5-6-15)17-11-20(28)18(12-19(17)27)26(3,29)30/h7-8,10-15,21,23H,5-6,9H2,1-4H3,(H,32,34)/t13-,14-,21+,23+/m0/s1. The Morgan fingerprint density at radius 1 is 1.13 bits per heavy atom. The number of rotatable bonds is 7. The summed E-state index contributed by atoms with van der Waals surface area (Å²) in [6.07, 6.45) is 3.71. The van der Waals surface area contributed by atoms with Crippen molar-refractivity contribution in [3.63, 3.8) is 0 Å². The van der Waals surface area contributed by atoms with Gasteiger partial charge in [0.1, 0.15) is 17.7 Å². The van der Waals surface area contributed by atoms with Gasteiger partial charge in [-0.1, -0.05) is 6.92 Å². The zero-order chi connectivity index (χ0) is 28.2. The van der Waals surface area contributed by atoms with Crippen LogP contribution in [-0.4, -0.2) is 48.5 Å². The number of hydrogen-bond donors (Lipinski definition) is 1. The summed E-state index contributed by atoms with van der Waals surface area (Å²) < 4.78 is 80.7. The highest BCUT2D eigenvalue weighted by Gasteiger charge is 2.45. The number of sulfone groups is 1. The number of nitrogens with one attached hydrogen (secondary N) is 1. The summed E-state index contributed by atoms with van der Waals surface area (Å²) in [5, 5.41) is 2.46. The van der Waals surface area contributed by atoms with Crippen molar-refractivity contribution in [2.24, 2.45) is 11.8 Å². The van der Waals surface area contributed by atoms with E-state index in [0.29, 0.717) is 31.9 Å². The normalized spacial score (nSPS) is 22.8. The minimum Gasteiger partial charge on any atom is -0.347 e. The summed E-state index contributed by atoms with van der Waals surface area (Å²) in [7, 11) is -3.68. The summed E-state index contributed by atoms with van der Waals surface area (Å²) in [4.78, 5) is 32.1. The van der Waals surface area contributed by atoms with E-state index in [1.807, 2.05) is 6.92 Å². The van der Waals surface area contributed by atoms with Gasteiger partial charge < -0.3 is 10.2 Å². The van der Waals surface area contributed by atoms with Crippen LogP contribution in [0.25, 0.3) is 0 Å². The van der Waals surface area contributed by atoms with Gasteiger partial charge in [0.15, 0.2) is 14.9 Å². The first kappa shape index (κ1) is 28.0. The highest BCUT2D eigenvalue weighted by Crippen LogP contribution is 2.43. The second-order valence-electron chi connectivity index (χ2n) is 10.4. The maximum Gasteiger partial charge on any atom is 0.273 e. The van der Waals surface area contributed by atoms with Gasteiger partial charge in [-0.15, -0.1) is 0 Å². The molecule has 12 heteroatoms. The van der Waals surface area contributed by atoms with E-state index in [2.05, 4.69) is 10.3 Å². The highest BCUT2D eigenvalue weighted by molar-refractivity contribution is 7.90. The van der Waals surface area contributed by atoms with Gasteiger partial charge in [0.25, 0.3) is 11.8 Å². The minimum atomic E-state index is -3.68. The molecule has 1 N–H and O–H groups in total. The lowest BCUT2D eigenvalue weighted by atomic mass is 9.97.